The van der Waals surface area contributed by atoms with Crippen LogP contribution in [-0.2, 0) is 0 Å². The predicted octanol–water partition coefficient (Wildman–Crippen LogP) is 4.00. The molecule has 1 aliphatic rings. The van der Waals surface area contributed by atoms with Crippen molar-refractivity contribution in [3.63, 3.8) is 0 Å². The highest BCUT2D eigenvalue weighted by atomic mass is 79.9. The molecule has 0 radical (unpaired) electrons. The number of hydrogen-bond acceptors (Lipinski definition) is 1. The Hall–Kier alpha value is -0.500. The van der Waals surface area contributed by atoms with E-state index in [1.807, 2.05) is 0 Å². The molecule has 1 unspecified atom stereocenters. The van der Waals surface area contributed by atoms with E-state index in [1.165, 1.54) is 22.1 Å². The molecule has 0 spiro atoms. The monoisotopic (exact) mass is 253 g/mol. The molecule has 1 aliphatic heterocycles. The van der Waals surface area contributed by atoms with Crippen molar-refractivity contribution in [2.24, 2.45) is 5.92 Å². The van der Waals surface area contributed by atoms with Crippen LogP contribution in [0.4, 0.5) is 5.69 Å². The van der Waals surface area contributed by atoms with Gasteiger partial charge in [0.05, 0.1) is 0 Å². The van der Waals surface area contributed by atoms with Crippen molar-refractivity contribution >= 4 is 21.6 Å². The van der Waals surface area contributed by atoms with Gasteiger partial charge >= 0.3 is 0 Å². The third-order valence-corrected chi connectivity index (χ3v) is 3.24. The SMILES string of the molecule is CC(C)CC1CNc2ccc(Br)cc21. The van der Waals surface area contributed by atoms with Gasteiger partial charge in [-0.2, -0.15) is 0 Å². The average molecular weight is 254 g/mol. The molecular weight excluding hydrogens is 238 g/mol. The van der Waals surface area contributed by atoms with Crippen LogP contribution in [0.5, 0.6) is 0 Å². The van der Waals surface area contributed by atoms with Crippen molar-refractivity contribution in [3.05, 3.63) is 28.2 Å². The van der Waals surface area contributed by atoms with Gasteiger partial charge in [-0.05, 0) is 36.1 Å². The van der Waals surface area contributed by atoms with Gasteiger partial charge in [-0.1, -0.05) is 29.8 Å². The van der Waals surface area contributed by atoms with Crippen LogP contribution in [0, 0.1) is 5.92 Å². The predicted molar refractivity (Wildman–Crippen MR) is 64.8 cm³/mol. The molecule has 2 heteroatoms. The normalized spacial score (nSPS) is 19.6. The lowest BCUT2D eigenvalue weighted by atomic mass is 9.92. The molecule has 76 valence electrons. The van der Waals surface area contributed by atoms with Crippen LogP contribution in [0.3, 0.4) is 0 Å². The molecule has 1 atom stereocenters. The summed E-state index contributed by atoms with van der Waals surface area (Å²) in [7, 11) is 0. The summed E-state index contributed by atoms with van der Waals surface area (Å²) in [4.78, 5) is 0. The Morgan fingerprint density at radius 2 is 2.29 bits per heavy atom. The molecule has 1 nitrogen and oxygen atoms in total. The van der Waals surface area contributed by atoms with E-state index in [-0.39, 0.29) is 0 Å². The molecule has 1 aromatic carbocycles. The van der Waals surface area contributed by atoms with Gasteiger partial charge in [0.25, 0.3) is 0 Å². The Bertz CT molecular complexity index is 333. The van der Waals surface area contributed by atoms with E-state index in [2.05, 4.69) is 53.3 Å². The van der Waals surface area contributed by atoms with Gasteiger partial charge in [-0.15, -0.1) is 0 Å². The number of nitrogens with one attached hydrogen (secondary N) is 1. The van der Waals surface area contributed by atoms with E-state index in [4.69, 9.17) is 0 Å². The molecule has 0 fully saturated rings. The molecule has 2 rings (SSSR count). The van der Waals surface area contributed by atoms with Gasteiger partial charge in [0.1, 0.15) is 0 Å². The summed E-state index contributed by atoms with van der Waals surface area (Å²) in [5, 5.41) is 3.46. The van der Waals surface area contributed by atoms with Gasteiger partial charge in [-0.25, -0.2) is 0 Å². The first-order valence-electron chi connectivity index (χ1n) is 5.20. The van der Waals surface area contributed by atoms with Crippen LogP contribution in [0.1, 0.15) is 31.7 Å². The van der Waals surface area contributed by atoms with E-state index >= 15 is 0 Å². The van der Waals surface area contributed by atoms with Gasteiger partial charge in [-0.3, -0.25) is 0 Å². The third kappa shape index (κ3) is 1.95. The number of rotatable bonds is 2. The quantitative estimate of drug-likeness (QED) is 0.840. The van der Waals surface area contributed by atoms with E-state index in [1.54, 1.807) is 0 Å². The molecule has 0 aromatic heterocycles. The van der Waals surface area contributed by atoms with Gasteiger partial charge < -0.3 is 5.32 Å². The fraction of sp³-hybridized carbons (Fsp3) is 0.500. The summed E-state index contributed by atoms with van der Waals surface area (Å²) in [6.45, 7) is 5.68. The largest absolute Gasteiger partial charge is 0.384 e. The second-order valence-electron chi connectivity index (χ2n) is 4.44. The highest BCUT2D eigenvalue weighted by molar-refractivity contribution is 9.10. The van der Waals surface area contributed by atoms with E-state index in [0.29, 0.717) is 5.92 Å². The molecular formula is C12H16BrN. The molecule has 0 saturated carbocycles. The molecule has 0 amide bonds. The maximum Gasteiger partial charge on any atom is 0.0377 e. The molecule has 0 saturated heterocycles. The van der Waals surface area contributed by atoms with E-state index < -0.39 is 0 Å². The molecule has 1 aromatic rings. The lowest BCUT2D eigenvalue weighted by Gasteiger charge is -2.12. The van der Waals surface area contributed by atoms with E-state index in [0.717, 1.165) is 12.5 Å². The van der Waals surface area contributed by atoms with Crippen LogP contribution in [0.2, 0.25) is 0 Å². The Labute approximate surface area is 94.0 Å². The zero-order chi connectivity index (χ0) is 10.1. The fourth-order valence-corrected chi connectivity index (χ4v) is 2.53. The van der Waals surface area contributed by atoms with Crippen LogP contribution in [0.15, 0.2) is 22.7 Å². The first kappa shape index (κ1) is 10.0. The smallest absolute Gasteiger partial charge is 0.0377 e. The van der Waals surface area contributed by atoms with E-state index in [9.17, 15) is 0 Å². The average Bonchev–Trinajstić information content (AvgIpc) is 2.47. The van der Waals surface area contributed by atoms with Crippen LogP contribution in [0.25, 0.3) is 0 Å². The minimum atomic E-state index is 0.697. The standard InChI is InChI=1S/C12H16BrN/c1-8(2)5-9-7-14-12-4-3-10(13)6-11(9)12/h3-4,6,8-9,14H,5,7H2,1-2H3. The second kappa shape index (κ2) is 3.93. The number of benzene rings is 1. The van der Waals surface area contributed by atoms with Gasteiger partial charge in [0, 0.05) is 22.6 Å². The van der Waals surface area contributed by atoms with Crippen LogP contribution >= 0.6 is 15.9 Å². The highest BCUT2D eigenvalue weighted by Gasteiger charge is 2.22. The van der Waals surface area contributed by atoms with Gasteiger partial charge in [0.2, 0.25) is 0 Å². The summed E-state index contributed by atoms with van der Waals surface area (Å²) < 4.78 is 1.19. The summed E-state index contributed by atoms with van der Waals surface area (Å²) in [5.74, 6) is 1.47. The third-order valence-electron chi connectivity index (χ3n) is 2.75. The zero-order valence-electron chi connectivity index (χ0n) is 8.68. The number of hydrogen-bond donors (Lipinski definition) is 1. The minimum Gasteiger partial charge on any atom is -0.384 e. The first-order valence-corrected chi connectivity index (χ1v) is 5.99. The van der Waals surface area contributed by atoms with Crippen molar-refractivity contribution in [3.8, 4) is 0 Å². The topological polar surface area (TPSA) is 12.0 Å². The first-order chi connectivity index (χ1) is 6.66. The molecule has 0 bridgehead atoms. The summed E-state index contributed by atoms with van der Waals surface area (Å²) >= 11 is 3.53. The fourth-order valence-electron chi connectivity index (χ4n) is 2.15. The summed E-state index contributed by atoms with van der Waals surface area (Å²) in [6, 6.07) is 6.52. The Morgan fingerprint density at radius 3 is 3.00 bits per heavy atom. The Kier molecular flexibility index (Phi) is 2.82. The molecule has 1 heterocycles. The minimum absolute atomic E-state index is 0.697. The molecule has 1 N–H and O–H groups in total. The second-order valence-corrected chi connectivity index (χ2v) is 5.35. The number of fused-ring (bicyclic) bond motifs is 1. The lowest BCUT2D eigenvalue weighted by Crippen LogP contribution is -2.05. The van der Waals surface area contributed by atoms with Crippen molar-refractivity contribution in [2.75, 3.05) is 11.9 Å². The van der Waals surface area contributed by atoms with Gasteiger partial charge in [0.15, 0.2) is 0 Å². The molecule has 0 aliphatic carbocycles. The van der Waals surface area contributed by atoms with Crippen molar-refractivity contribution < 1.29 is 0 Å². The lowest BCUT2D eigenvalue weighted by molar-refractivity contribution is 0.522. The van der Waals surface area contributed by atoms with Crippen LogP contribution < -0.4 is 5.32 Å². The van der Waals surface area contributed by atoms with Crippen molar-refractivity contribution in [1.82, 2.24) is 0 Å². The maximum absolute atomic E-state index is 3.53. The maximum atomic E-state index is 3.53. The number of anilines is 1. The zero-order valence-corrected chi connectivity index (χ0v) is 10.3. The molecule has 14 heavy (non-hydrogen) atoms. The number of halogens is 1. The Balaban J connectivity index is 2.24. The summed E-state index contributed by atoms with van der Waals surface area (Å²) in [6.07, 6.45) is 1.27. The highest BCUT2D eigenvalue weighted by Crippen LogP contribution is 2.36. The summed E-state index contributed by atoms with van der Waals surface area (Å²) in [5.41, 5.74) is 2.80. The van der Waals surface area contributed by atoms with Crippen molar-refractivity contribution in [1.29, 1.82) is 0 Å². The Morgan fingerprint density at radius 1 is 1.50 bits per heavy atom. The van der Waals surface area contributed by atoms with Crippen molar-refractivity contribution in [2.45, 2.75) is 26.2 Å². The van der Waals surface area contributed by atoms with Crippen LogP contribution in [-0.4, -0.2) is 6.54 Å².